The predicted octanol–water partition coefficient (Wildman–Crippen LogP) is 4.13. The highest BCUT2D eigenvalue weighted by atomic mass is 19.4. The number of nitrogens with one attached hydrogen (secondary N) is 1. The van der Waals surface area contributed by atoms with E-state index in [2.05, 4.69) is 31.5 Å². The van der Waals surface area contributed by atoms with Crippen LogP contribution in [0.3, 0.4) is 0 Å². The molecule has 3 N–H and O–H groups in total. The first kappa shape index (κ1) is 21.4. The van der Waals surface area contributed by atoms with Crippen molar-refractivity contribution in [3.05, 3.63) is 24.3 Å². The van der Waals surface area contributed by atoms with Gasteiger partial charge in [-0.05, 0) is 37.8 Å². The van der Waals surface area contributed by atoms with Gasteiger partial charge in [0.05, 0.1) is 11.9 Å². The van der Waals surface area contributed by atoms with E-state index in [1.807, 2.05) is 0 Å². The third-order valence-electron chi connectivity index (χ3n) is 4.89. The molecule has 4 rings (SSSR count). The molecule has 0 amide bonds. The van der Waals surface area contributed by atoms with Gasteiger partial charge in [-0.1, -0.05) is 6.92 Å². The smallest absolute Gasteiger partial charge is 0.402 e. The van der Waals surface area contributed by atoms with Crippen LogP contribution in [0.5, 0.6) is 5.75 Å². The molecule has 1 aliphatic heterocycles. The molecule has 0 radical (unpaired) electrons. The molecule has 0 aromatic carbocycles. The molecule has 0 spiro atoms. The molecule has 160 valence electrons. The highest BCUT2D eigenvalue weighted by Gasteiger charge is 2.32. The lowest BCUT2D eigenvalue weighted by atomic mass is 10.2. The Hall–Kier alpha value is -2.36. The summed E-state index contributed by atoms with van der Waals surface area (Å²) in [4.78, 5) is 13.2. The Morgan fingerprint density at radius 1 is 1.24 bits per heavy atom. The molecule has 1 saturated heterocycles. The van der Waals surface area contributed by atoms with Crippen molar-refractivity contribution >= 4 is 5.82 Å². The monoisotopic (exact) mass is 415 g/mol. The second kappa shape index (κ2) is 8.98. The normalized spacial score (nSPS) is 19.7. The third-order valence-corrected chi connectivity index (χ3v) is 4.89. The molecule has 3 heterocycles. The van der Waals surface area contributed by atoms with Crippen molar-refractivity contribution in [1.82, 2.24) is 19.9 Å². The van der Waals surface area contributed by atoms with Gasteiger partial charge in [0, 0.05) is 30.8 Å². The summed E-state index contributed by atoms with van der Waals surface area (Å²) < 4.78 is 52.3. The van der Waals surface area contributed by atoms with E-state index in [4.69, 9.17) is 5.73 Å². The number of H-pyrrole nitrogens is 1. The van der Waals surface area contributed by atoms with Crippen molar-refractivity contribution in [2.24, 2.45) is 5.92 Å². The molecule has 2 aromatic rings. The number of aromatic nitrogens is 3. The van der Waals surface area contributed by atoms with Crippen molar-refractivity contribution in [2.75, 3.05) is 32.0 Å². The first-order valence-corrected chi connectivity index (χ1v) is 9.60. The number of nitrogen functional groups attached to an aromatic ring is 1. The fourth-order valence-electron chi connectivity index (χ4n) is 3.21. The number of nitrogens with two attached hydrogens (primary N) is 1. The summed E-state index contributed by atoms with van der Waals surface area (Å²) in [6.45, 7) is 4.88. The maximum absolute atomic E-state index is 12.2. The Morgan fingerprint density at radius 3 is 2.59 bits per heavy atom. The summed E-state index contributed by atoms with van der Waals surface area (Å²) in [5.41, 5.74) is 6.41. The second-order valence-electron chi connectivity index (χ2n) is 7.49. The average Bonchev–Trinajstić information content (AvgIpc) is 3.23. The lowest BCUT2D eigenvalue weighted by molar-refractivity contribution is -0.274. The molecule has 1 atom stereocenters. The Bertz CT molecular complexity index is 804. The maximum atomic E-state index is 12.2. The summed E-state index contributed by atoms with van der Waals surface area (Å²) in [5.74, 6) is 1.23. The lowest BCUT2D eigenvalue weighted by Crippen LogP contribution is -2.22. The number of ether oxygens (including phenoxy) is 1. The Morgan fingerprint density at radius 2 is 2.00 bits per heavy atom. The molecule has 2 aliphatic rings. The molecule has 2 fully saturated rings. The molecule has 1 saturated carbocycles. The van der Waals surface area contributed by atoms with E-state index in [0.717, 1.165) is 37.7 Å². The molecule has 6 nitrogen and oxygen atoms in total. The first-order valence-electron chi connectivity index (χ1n) is 9.60. The molecular weight excluding hydrogens is 390 g/mol. The van der Waals surface area contributed by atoms with Gasteiger partial charge in [0.1, 0.15) is 12.5 Å². The zero-order valence-corrected chi connectivity index (χ0v) is 16.2. The first-order chi connectivity index (χ1) is 13.7. The number of hydrogen-bond donors (Lipinski definition) is 2. The van der Waals surface area contributed by atoms with Crippen LogP contribution in [0.15, 0.2) is 18.5 Å². The summed E-state index contributed by atoms with van der Waals surface area (Å²) >= 11 is 0. The van der Waals surface area contributed by atoms with Crippen molar-refractivity contribution in [1.29, 1.82) is 0 Å². The molecule has 10 heteroatoms. The molecular formula is C19H25F4N5O. The van der Waals surface area contributed by atoms with Gasteiger partial charge in [0.2, 0.25) is 0 Å². The van der Waals surface area contributed by atoms with Gasteiger partial charge in [-0.2, -0.15) is 0 Å². The van der Waals surface area contributed by atoms with Gasteiger partial charge in [-0.3, -0.25) is 0 Å². The van der Waals surface area contributed by atoms with E-state index in [1.54, 1.807) is 6.20 Å². The molecule has 1 aliphatic carbocycles. The van der Waals surface area contributed by atoms with Crippen molar-refractivity contribution < 1.29 is 22.3 Å². The van der Waals surface area contributed by atoms with Crippen molar-refractivity contribution in [2.45, 2.75) is 38.5 Å². The van der Waals surface area contributed by atoms with E-state index in [9.17, 15) is 17.6 Å². The van der Waals surface area contributed by atoms with Crippen LogP contribution in [-0.2, 0) is 0 Å². The number of halogens is 4. The predicted molar refractivity (Wildman–Crippen MR) is 101 cm³/mol. The van der Waals surface area contributed by atoms with Crippen LogP contribution in [-0.4, -0.2) is 52.5 Å². The highest BCUT2D eigenvalue weighted by Crippen LogP contribution is 2.39. The van der Waals surface area contributed by atoms with Crippen LogP contribution in [0, 0.1) is 5.92 Å². The minimum Gasteiger partial charge on any atom is -0.402 e. The Labute approximate surface area is 166 Å². The van der Waals surface area contributed by atoms with Gasteiger partial charge in [-0.15, -0.1) is 13.2 Å². The van der Waals surface area contributed by atoms with Gasteiger partial charge in [0.15, 0.2) is 11.6 Å². The molecule has 2 aromatic heterocycles. The largest absolute Gasteiger partial charge is 0.573 e. The van der Waals surface area contributed by atoms with E-state index in [0.29, 0.717) is 23.7 Å². The summed E-state index contributed by atoms with van der Waals surface area (Å²) in [7, 11) is 0. The standard InChI is InChI=1S/C12H11F3N4O.C7H14FN/c13-12(14,15)20-9-3-7(4-17-10(9)16)8-5-18-11(19-8)6-1-2-6;1-7-2-4-9(6-7)5-3-8/h3-6H,1-2H2,(H2,16,17)(H,18,19);7H,2-6H2,1H3. The number of anilines is 1. The van der Waals surface area contributed by atoms with E-state index >= 15 is 0 Å². The van der Waals surface area contributed by atoms with Crippen LogP contribution < -0.4 is 10.5 Å². The van der Waals surface area contributed by atoms with Gasteiger partial charge in [0.25, 0.3) is 0 Å². The molecule has 1 unspecified atom stereocenters. The van der Waals surface area contributed by atoms with Crippen LogP contribution in [0.25, 0.3) is 11.3 Å². The van der Waals surface area contributed by atoms with Crippen molar-refractivity contribution in [3.8, 4) is 17.0 Å². The number of imidazole rings is 1. The SMILES string of the molecule is CC1CCN(CCF)C1.Nc1ncc(-c2cnc(C3CC3)[nH]2)cc1OC(F)(F)F. The Balaban J connectivity index is 0.000000224. The zero-order chi connectivity index (χ0) is 21.0. The Kier molecular flexibility index (Phi) is 6.61. The van der Waals surface area contributed by atoms with Crippen LogP contribution in [0.1, 0.15) is 37.9 Å². The number of aromatic amines is 1. The quantitative estimate of drug-likeness (QED) is 0.718. The number of alkyl halides is 4. The van der Waals surface area contributed by atoms with Gasteiger partial charge < -0.3 is 20.4 Å². The maximum Gasteiger partial charge on any atom is 0.573 e. The minimum absolute atomic E-state index is 0.188. The van der Waals surface area contributed by atoms with Crippen LogP contribution in [0.4, 0.5) is 23.4 Å². The fraction of sp³-hybridized carbons (Fsp3) is 0.579. The lowest BCUT2D eigenvalue weighted by Gasteiger charge is -2.11. The van der Waals surface area contributed by atoms with Gasteiger partial charge in [-0.25, -0.2) is 14.4 Å². The third kappa shape index (κ3) is 6.31. The van der Waals surface area contributed by atoms with E-state index in [-0.39, 0.29) is 12.5 Å². The molecule has 29 heavy (non-hydrogen) atoms. The second-order valence-corrected chi connectivity index (χ2v) is 7.49. The number of hydrogen-bond acceptors (Lipinski definition) is 5. The fourth-order valence-corrected chi connectivity index (χ4v) is 3.21. The molecule has 0 bridgehead atoms. The van der Waals surface area contributed by atoms with E-state index < -0.39 is 12.1 Å². The summed E-state index contributed by atoms with van der Waals surface area (Å²) in [5, 5.41) is 0. The summed E-state index contributed by atoms with van der Waals surface area (Å²) in [6.07, 6.45) is 1.55. The minimum atomic E-state index is -4.80. The number of pyridine rings is 1. The van der Waals surface area contributed by atoms with Crippen molar-refractivity contribution in [3.63, 3.8) is 0 Å². The van der Waals surface area contributed by atoms with E-state index in [1.165, 1.54) is 18.7 Å². The highest BCUT2D eigenvalue weighted by molar-refractivity contribution is 5.63. The van der Waals surface area contributed by atoms with Crippen LogP contribution in [0.2, 0.25) is 0 Å². The number of nitrogens with zero attached hydrogens (tertiary/aromatic N) is 3. The zero-order valence-electron chi connectivity index (χ0n) is 16.2. The van der Waals surface area contributed by atoms with Gasteiger partial charge >= 0.3 is 6.36 Å². The number of likely N-dealkylation sites (tertiary alicyclic amines) is 1. The average molecular weight is 415 g/mol. The topological polar surface area (TPSA) is 80.1 Å². The van der Waals surface area contributed by atoms with Crippen LogP contribution >= 0.6 is 0 Å². The number of rotatable bonds is 5. The summed E-state index contributed by atoms with van der Waals surface area (Å²) in [6, 6.07) is 1.19.